The summed E-state index contributed by atoms with van der Waals surface area (Å²) in [6, 6.07) is 6.92. The SMILES string of the molecule is CCNCC(CCC(C)(C)OC)c1cccc(F)c1. The average Bonchev–Trinajstić information content (AvgIpc) is 2.39. The first-order valence-corrected chi connectivity index (χ1v) is 7.00. The van der Waals surface area contributed by atoms with Gasteiger partial charge >= 0.3 is 0 Å². The van der Waals surface area contributed by atoms with Gasteiger partial charge in [0.1, 0.15) is 5.82 Å². The third kappa shape index (κ3) is 5.70. The zero-order valence-corrected chi connectivity index (χ0v) is 12.5. The Morgan fingerprint density at radius 3 is 2.68 bits per heavy atom. The van der Waals surface area contributed by atoms with Gasteiger partial charge in [-0.25, -0.2) is 4.39 Å². The summed E-state index contributed by atoms with van der Waals surface area (Å²) in [7, 11) is 1.74. The first-order chi connectivity index (χ1) is 8.98. The molecule has 1 rings (SSSR count). The Labute approximate surface area is 116 Å². The topological polar surface area (TPSA) is 21.3 Å². The molecule has 0 saturated heterocycles. The highest BCUT2D eigenvalue weighted by Gasteiger charge is 2.20. The normalized spacial score (nSPS) is 13.5. The molecule has 1 N–H and O–H groups in total. The second kappa shape index (κ2) is 7.61. The van der Waals surface area contributed by atoms with Crippen LogP contribution >= 0.6 is 0 Å². The number of likely N-dealkylation sites (N-methyl/N-ethyl adjacent to an activating group) is 1. The lowest BCUT2D eigenvalue weighted by atomic mass is 9.89. The first kappa shape index (κ1) is 16.1. The van der Waals surface area contributed by atoms with E-state index in [2.05, 4.69) is 26.1 Å². The summed E-state index contributed by atoms with van der Waals surface area (Å²) in [5.41, 5.74) is 0.936. The molecule has 0 amide bonds. The molecule has 0 aromatic heterocycles. The Hall–Kier alpha value is -0.930. The van der Waals surface area contributed by atoms with Crippen molar-refractivity contribution in [2.24, 2.45) is 0 Å². The maximum Gasteiger partial charge on any atom is 0.123 e. The van der Waals surface area contributed by atoms with Crippen LogP contribution in [0, 0.1) is 5.82 Å². The number of hydrogen-bond acceptors (Lipinski definition) is 2. The predicted octanol–water partition coefficient (Wildman–Crippen LogP) is 3.72. The van der Waals surface area contributed by atoms with E-state index in [-0.39, 0.29) is 11.4 Å². The van der Waals surface area contributed by atoms with E-state index in [1.165, 1.54) is 6.07 Å². The lowest BCUT2D eigenvalue weighted by molar-refractivity contribution is 0.0124. The van der Waals surface area contributed by atoms with Crippen molar-refractivity contribution < 1.29 is 9.13 Å². The molecule has 0 aliphatic heterocycles. The van der Waals surface area contributed by atoms with Gasteiger partial charge in [-0.3, -0.25) is 0 Å². The van der Waals surface area contributed by atoms with Crippen LogP contribution in [0.4, 0.5) is 4.39 Å². The summed E-state index contributed by atoms with van der Waals surface area (Å²) in [6.45, 7) is 8.06. The fraction of sp³-hybridized carbons (Fsp3) is 0.625. The molecule has 108 valence electrons. The Morgan fingerprint density at radius 1 is 1.37 bits per heavy atom. The van der Waals surface area contributed by atoms with E-state index < -0.39 is 0 Å². The third-order valence-corrected chi connectivity index (χ3v) is 3.61. The van der Waals surface area contributed by atoms with Crippen LogP contribution in [-0.2, 0) is 4.74 Å². The van der Waals surface area contributed by atoms with E-state index in [9.17, 15) is 4.39 Å². The van der Waals surface area contributed by atoms with Gasteiger partial charge in [0.2, 0.25) is 0 Å². The highest BCUT2D eigenvalue weighted by molar-refractivity contribution is 5.21. The molecule has 2 nitrogen and oxygen atoms in total. The van der Waals surface area contributed by atoms with Crippen LogP contribution in [0.25, 0.3) is 0 Å². The third-order valence-electron chi connectivity index (χ3n) is 3.61. The molecule has 0 radical (unpaired) electrons. The van der Waals surface area contributed by atoms with Crippen molar-refractivity contribution in [3.05, 3.63) is 35.6 Å². The smallest absolute Gasteiger partial charge is 0.123 e. The molecule has 0 saturated carbocycles. The largest absolute Gasteiger partial charge is 0.379 e. The van der Waals surface area contributed by atoms with Crippen LogP contribution in [0.2, 0.25) is 0 Å². The van der Waals surface area contributed by atoms with E-state index >= 15 is 0 Å². The average molecular weight is 267 g/mol. The summed E-state index contributed by atoms with van der Waals surface area (Å²) >= 11 is 0. The summed E-state index contributed by atoms with van der Waals surface area (Å²) in [4.78, 5) is 0. The van der Waals surface area contributed by atoms with Gasteiger partial charge in [0.25, 0.3) is 0 Å². The molecule has 1 aromatic rings. The maximum absolute atomic E-state index is 13.3. The Balaban J connectivity index is 2.71. The van der Waals surface area contributed by atoms with Crippen molar-refractivity contribution >= 4 is 0 Å². The Morgan fingerprint density at radius 2 is 2.11 bits per heavy atom. The number of ether oxygens (including phenoxy) is 1. The van der Waals surface area contributed by atoms with Gasteiger partial charge in [-0.2, -0.15) is 0 Å². The monoisotopic (exact) mass is 267 g/mol. The molecule has 0 bridgehead atoms. The van der Waals surface area contributed by atoms with E-state index in [4.69, 9.17) is 4.74 Å². The number of halogens is 1. The summed E-state index contributed by atoms with van der Waals surface area (Å²) in [5, 5.41) is 3.36. The number of methoxy groups -OCH3 is 1. The molecule has 3 heteroatoms. The fourth-order valence-electron chi connectivity index (χ4n) is 2.09. The minimum atomic E-state index is -0.162. The van der Waals surface area contributed by atoms with Crippen LogP contribution in [0.1, 0.15) is 45.1 Å². The molecule has 0 heterocycles. The molecule has 1 unspecified atom stereocenters. The van der Waals surface area contributed by atoms with Gasteiger partial charge in [-0.05, 0) is 56.8 Å². The van der Waals surface area contributed by atoms with Crippen LogP contribution in [0.3, 0.4) is 0 Å². The second-order valence-electron chi connectivity index (χ2n) is 5.56. The molecule has 0 fully saturated rings. The lowest BCUT2D eigenvalue weighted by Gasteiger charge is -2.26. The van der Waals surface area contributed by atoms with Gasteiger partial charge in [-0.15, -0.1) is 0 Å². The summed E-state index contributed by atoms with van der Waals surface area (Å²) in [5.74, 6) is 0.162. The zero-order valence-electron chi connectivity index (χ0n) is 12.5. The number of hydrogen-bond donors (Lipinski definition) is 1. The van der Waals surface area contributed by atoms with Crippen LogP contribution in [0.15, 0.2) is 24.3 Å². The van der Waals surface area contributed by atoms with Crippen molar-refractivity contribution in [3.8, 4) is 0 Å². The highest BCUT2D eigenvalue weighted by Crippen LogP contribution is 2.26. The van der Waals surface area contributed by atoms with Crippen LogP contribution in [0.5, 0.6) is 0 Å². The number of nitrogens with one attached hydrogen (secondary N) is 1. The summed E-state index contributed by atoms with van der Waals surface area (Å²) < 4.78 is 18.8. The predicted molar refractivity (Wildman–Crippen MR) is 78.0 cm³/mol. The van der Waals surface area contributed by atoms with E-state index in [0.717, 1.165) is 31.5 Å². The first-order valence-electron chi connectivity index (χ1n) is 7.00. The van der Waals surface area contributed by atoms with Crippen molar-refractivity contribution in [2.75, 3.05) is 20.2 Å². The molecule has 0 spiro atoms. The Bertz CT molecular complexity index is 379. The zero-order chi connectivity index (χ0) is 14.3. The molecule has 19 heavy (non-hydrogen) atoms. The van der Waals surface area contributed by atoms with E-state index in [1.807, 2.05) is 6.07 Å². The Kier molecular flexibility index (Phi) is 6.46. The standard InChI is InChI=1S/C16H26FNO/c1-5-18-12-14(9-10-16(2,3)19-4)13-7-6-8-15(17)11-13/h6-8,11,14,18H,5,9-10,12H2,1-4H3. The molecule has 1 atom stereocenters. The van der Waals surface area contributed by atoms with Gasteiger partial charge in [0, 0.05) is 13.7 Å². The van der Waals surface area contributed by atoms with Crippen molar-refractivity contribution in [2.45, 2.75) is 45.1 Å². The van der Waals surface area contributed by atoms with Crippen LogP contribution < -0.4 is 5.32 Å². The highest BCUT2D eigenvalue weighted by atomic mass is 19.1. The maximum atomic E-state index is 13.3. The molecule has 0 aliphatic carbocycles. The van der Waals surface area contributed by atoms with Crippen molar-refractivity contribution in [1.82, 2.24) is 5.32 Å². The number of benzene rings is 1. The summed E-state index contributed by atoms with van der Waals surface area (Å²) in [6.07, 6.45) is 1.94. The molecule has 0 aliphatic rings. The fourth-order valence-corrected chi connectivity index (χ4v) is 2.09. The second-order valence-corrected chi connectivity index (χ2v) is 5.56. The van der Waals surface area contributed by atoms with Gasteiger partial charge in [-0.1, -0.05) is 19.1 Å². The molecule has 1 aromatic carbocycles. The number of rotatable bonds is 8. The minimum absolute atomic E-state index is 0.127. The van der Waals surface area contributed by atoms with Crippen molar-refractivity contribution in [1.29, 1.82) is 0 Å². The van der Waals surface area contributed by atoms with E-state index in [0.29, 0.717) is 5.92 Å². The molecular weight excluding hydrogens is 241 g/mol. The van der Waals surface area contributed by atoms with Crippen molar-refractivity contribution in [3.63, 3.8) is 0 Å². The van der Waals surface area contributed by atoms with Gasteiger partial charge in [0.15, 0.2) is 0 Å². The van der Waals surface area contributed by atoms with Gasteiger partial charge < -0.3 is 10.1 Å². The lowest BCUT2D eigenvalue weighted by Crippen LogP contribution is -2.26. The van der Waals surface area contributed by atoms with Crippen LogP contribution in [-0.4, -0.2) is 25.8 Å². The van der Waals surface area contributed by atoms with E-state index in [1.54, 1.807) is 19.2 Å². The quantitative estimate of drug-likeness (QED) is 0.775. The van der Waals surface area contributed by atoms with Gasteiger partial charge in [0.05, 0.1) is 5.60 Å². The minimum Gasteiger partial charge on any atom is -0.379 e. The molecular formula is C16H26FNO.